The topological polar surface area (TPSA) is 49.8 Å². The van der Waals surface area contributed by atoms with E-state index in [4.69, 9.17) is 4.74 Å². The zero-order valence-electron chi connectivity index (χ0n) is 15.6. The summed E-state index contributed by atoms with van der Waals surface area (Å²) in [6, 6.07) is 9.81. The summed E-state index contributed by atoms with van der Waals surface area (Å²) in [6.45, 7) is 1.81. The van der Waals surface area contributed by atoms with Gasteiger partial charge in [0.25, 0.3) is 0 Å². The summed E-state index contributed by atoms with van der Waals surface area (Å²) in [6.07, 6.45) is 9.07. The summed E-state index contributed by atoms with van der Waals surface area (Å²) >= 11 is 0. The lowest BCUT2D eigenvalue weighted by Gasteiger charge is -2.32. The average Bonchev–Trinajstić information content (AvgIpc) is 3.16. The van der Waals surface area contributed by atoms with Gasteiger partial charge < -0.3 is 14.7 Å². The summed E-state index contributed by atoms with van der Waals surface area (Å²) in [5.41, 5.74) is 0.527. The first-order valence-corrected chi connectivity index (χ1v) is 10.3. The molecule has 0 bridgehead atoms. The van der Waals surface area contributed by atoms with Crippen molar-refractivity contribution in [3.63, 3.8) is 0 Å². The number of carbonyl (C=O) groups is 1. The Hall–Kier alpha value is -1.55. The molecule has 1 aliphatic heterocycles. The van der Waals surface area contributed by atoms with E-state index < -0.39 is 5.60 Å². The maximum atomic E-state index is 12.4. The predicted octanol–water partition coefficient (Wildman–Crippen LogP) is 4.37. The second-order valence-electron chi connectivity index (χ2n) is 8.81. The number of ether oxygens (including phenoxy) is 1. The Morgan fingerprint density at radius 2 is 1.73 bits per heavy atom. The Labute approximate surface area is 156 Å². The van der Waals surface area contributed by atoms with Crippen LogP contribution in [0.5, 0.6) is 0 Å². The molecule has 0 spiro atoms. The molecule has 2 saturated carbocycles. The van der Waals surface area contributed by atoms with Crippen LogP contribution in [0.2, 0.25) is 0 Å². The van der Waals surface area contributed by atoms with Crippen molar-refractivity contribution in [3.8, 4) is 0 Å². The second kappa shape index (κ2) is 7.59. The number of carbonyl (C=O) groups excluding carboxylic acids is 1. The van der Waals surface area contributed by atoms with Crippen molar-refractivity contribution >= 4 is 6.09 Å². The van der Waals surface area contributed by atoms with Crippen molar-refractivity contribution in [2.45, 2.75) is 63.6 Å². The molecule has 4 rings (SSSR count). The van der Waals surface area contributed by atoms with Crippen LogP contribution in [0.15, 0.2) is 30.3 Å². The number of likely N-dealkylation sites (tertiary alicyclic amines) is 1. The minimum atomic E-state index is -0.489. The van der Waals surface area contributed by atoms with Crippen molar-refractivity contribution in [2.75, 3.05) is 13.1 Å². The number of hydrogen-bond acceptors (Lipinski definition) is 3. The van der Waals surface area contributed by atoms with Crippen molar-refractivity contribution < 1.29 is 14.6 Å². The number of fused-ring (bicyclic) bond motifs is 1. The van der Waals surface area contributed by atoms with Gasteiger partial charge in [0.15, 0.2) is 0 Å². The van der Waals surface area contributed by atoms with Gasteiger partial charge in [0.1, 0.15) is 6.61 Å². The minimum Gasteiger partial charge on any atom is -0.445 e. The monoisotopic (exact) mass is 357 g/mol. The van der Waals surface area contributed by atoms with Crippen LogP contribution in [0, 0.1) is 17.8 Å². The Balaban J connectivity index is 1.25. The fourth-order valence-electron chi connectivity index (χ4n) is 5.52. The van der Waals surface area contributed by atoms with Gasteiger partial charge in [-0.3, -0.25) is 0 Å². The average molecular weight is 357 g/mol. The molecule has 3 atom stereocenters. The molecular weight excluding hydrogens is 326 g/mol. The van der Waals surface area contributed by atoms with Crippen LogP contribution in [0.3, 0.4) is 0 Å². The highest BCUT2D eigenvalue weighted by atomic mass is 16.6. The van der Waals surface area contributed by atoms with Crippen LogP contribution in [0.25, 0.3) is 0 Å². The molecule has 1 aromatic carbocycles. The maximum absolute atomic E-state index is 12.4. The van der Waals surface area contributed by atoms with Gasteiger partial charge >= 0.3 is 6.09 Å². The van der Waals surface area contributed by atoms with E-state index in [1.54, 1.807) is 0 Å². The molecule has 4 heteroatoms. The number of amides is 1. The minimum absolute atomic E-state index is 0.209. The SMILES string of the molecule is O=C(OCc1ccccc1)N1C[C@@H]2C[C@@](O)(CC3CCCCC3)C[C@@H]2C1. The second-order valence-corrected chi connectivity index (χ2v) is 8.81. The number of nitrogens with zero attached hydrogens (tertiary/aromatic N) is 1. The zero-order chi connectivity index (χ0) is 18.0. The first-order chi connectivity index (χ1) is 12.6. The van der Waals surface area contributed by atoms with Crippen molar-refractivity contribution in [1.82, 2.24) is 4.90 Å². The third-order valence-electron chi connectivity index (χ3n) is 6.72. The van der Waals surface area contributed by atoms with E-state index in [1.807, 2.05) is 35.2 Å². The number of hydrogen-bond donors (Lipinski definition) is 1. The van der Waals surface area contributed by atoms with Gasteiger partial charge in [0.05, 0.1) is 5.60 Å². The summed E-state index contributed by atoms with van der Waals surface area (Å²) in [5.74, 6) is 1.58. The summed E-state index contributed by atoms with van der Waals surface area (Å²) in [7, 11) is 0. The van der Waals surface area contributed by atoms with Gasteiger partial charge in [-0.05, 0) is 42.6 Å². The summed E-state index contributed by atoms with van der Waals surface area (Å²) in [5, 5.41) is 11.1. The molecule has 142 valence electrons. The fraction of sp³-hybridized carbons (Fsp3) is 0.682. The van der Waals surface area contributed by atoms with E-state index in [0.29, 0.717) is 24.4 Å². The standard InChI is InChI=1S/C22H31NO3/c24-21(26-16-18-9-5-2-6-10-18)23-14-19-12-22(25,13-20(19)15-23)11-17-7-3-1-4-8-17/h2,5-6,9-10,17,19-20,25H,1,3-4,7-8,11-16H2/t19-,20+,22-. The highest BCUT2D eigenvalue weighted by Gasteiger charge is 2.49. The van der Waals surface area contributed by atoms with E-state index in [1.165, 1.54) is 32.1 Å². The first-order valence-electron chi connectivity index (χ1n) is 10.3. The quantitative estimate of drug-likeness (QED) is 0.871. The van der Waals surface area contributed by atoms with Gasteiger partial charge in [0.2, 0.25) is 0 Å². The molecule has 1 amide bonds. The molecule has 0 aromatic heterocycles. The number of rotatable bonds is 4. The summed E-state index contributed by atoms with van der Waals surface area (Å²) < 4.78 is 5.48. The van der Waals surface area contributed by atoms with E-state index in [0.717, 1.165) is 37.9 Å². The molecular formula is C22H31NO3. The molecule has 3 aliphatic rings. The van der Waals surface area contributed by atoms with Crippen LogP contribution in [-0.2, 0) is 11.3 Å². The third kappa shape index (κ3) is 4.06. The fourth-order valence-corrected chi connectivity index (χ4v) is 5.52. The lowest BCUT2D eigenvalue weighted by atomic mass is 9.79. The van der Waals surface area contributed by atoms with Crippen molar-refractivity contribution in [3.05, 3.63) is 35.9 Å². The summed E-state index contributed by atoms with van der Waals surface area (Å²) in [4.78, 5) is 14.2. The van der Waals surface area contributed by atoms with Crippen LogP contribution in [-0.4, -0.2) is 34.8 Å². The van der Waals surface area contributed by atoms with E-state index in [-0.39, 0.29) is 6.09 Å². The maximum Gasteiger partial charge on any atom is 0.410 e. The highest BCUT2D eigenvalue weighted by molar-refractivity contribution is 5.68. The molecule has 26 heavy (non-hydrogen) atoms. The normalized spacial score (nSPS) is 31.8. The van der Waals surface area contributed by atoms with Crippen LogP contribution < -0.4 is 0 Å². The Morgan fingerprint density at radius 1 is 1.08 bits per heavy atom. The van der Waals surface area contributed by atoms with Crippen LogP contribution in [0.4, 0.5) is 4.79 Å². The molecule has 3 fully saturated rings. The molecule has 4 nitrogen and oxygen atoms in total. The largest absolute Gasteiger partial charge is 0.445 e. The zero-order valence-corrected chi connectivity index (χ0v) is 15.6. The van der Waals surface area contributed by atoms with Gasteiger partial charge in [0, 0.05) is 13.1 Å². The van der Waals surface area contributed by atoms with E-state index in [2.05, 4.69) is 0 Å². The van der Waals surface area contributed by atoms with E-state index in [9.17, 15) is 9.90 Å². The molecule has 1 N–H and O–H groups in total. The molecule has 1 aromatic rings. The van der Waals surface area contributed by atoms with Crippen LogP contribution >= 0.6 is 0 Å². The lowest BCUT2D eigenvalue weighted by molar-refractivity contribution is 0.00544. The third-order valence-corrected chi connectivity index (χ3v) is 6.72. The number of aliphatic hydroxyl groups is 1. The Morgan fingerprint density at radius 3 is 2.38 bits per heavy atom. The van der Waals surface area contributed by atoms with Crippen LogP contribution in [0.1, 0.15) is 56.9 Å². The smallest absolute Gasteiger partial charge is 0.410 e. The Kier molecular flexibility index (Phi) is 5.21. The van der Waals surface area contributed by atoms with Crippen molar-refractivity contribution in [2.24, 2.45) is 17.8 Å². The van der Waals surface area contributed by atoms with Gasteiger partial charge in [-0.15, -0.1) is 0 Å². The molecule has 0 radical (unpaired) electrons. The first kappa shape index (κ1) is 17.8. The molecule has 1 saturated heterocycles. The Bertz CT molecular complexity index is 597. The van der Waals surface area contributed by atoms with E-state index >= 15 is 0 Å². The number of benzene rings is 1. The highest BCUT2D eigenvalue weighted by Crippen LogP contribution is 2.48. The van der Waals surface area contributed by atoms with Gasteiger partial charge in [-0.2, -0.15) is 0 Å². The van der Waals surface area contributed by atoms with Crippen molar-refractivity contribution in [1.29, 1.82) is 0 Å². The van der Waals surface area contributed by atoms with Gasteiger partial charge in [-0.1, -0.05) is 62.4 Å². The lowest BCUT2D eigenvalue weighted by Crippen LogP contribution is -2.35. The molecule has 2 aliphatic carbocycles. The molecule has 0 unspecified atom stereocenters. The molecule has 1 heterocycles. The van der Waals surface area contributed by atoms with Gasteiger partial charge in [-0.25, -0.2) is 4.79 Å². The predicted molar refractivity (Wildman–Crippen MR) is 101 cm³/mol.